The number of carbonyl (C=O) groups excluding carboxylic acids is 1. The number of rotatable bonds is 3. The van der Waals surface area contributed by atoms with Crippen LogP contribution in [0.4, 0.5) is 0 Å². The maximum Gasteiger partial charge on any atom is 0.254 e. The van der Waals surface area contributed by atoms with Crippen molar-refractivity contribution in [1.29, 1.82) is 5.26 Å². The number of amides is 1. The van der Waals surface area contributed by atoms with Gasteiger partial charge in [-0.25, -0.2) is 0 Å². The van der Waals surface area contributed by atoms with E-state index in [-0.39, 0.29) is 12.5 Å². The van der Waals surface area contributed by atoms with Crippen molar-refractivity contribution < 1.29 is 4.79 Å². The third-order valence-corrected chi connectivity index (χ3v) is 4.64. The molecular weight excluding hydrogens is 312 g/mol. The Morgan fingerprint density at radius 2 is 2.12 bits per heavy atom. The zero-order chi connectivity index (χ0) is 17.6. The van der Waals surface area contributed by atoms with Crippen molar-refractivity contribution in [2.45, 2.75) is 6.54 Å². The van der Waals surface area contributed by atoms with E-state index in [9.17, 15) is 4.79 Å². The number of hydrogen-bond acceptors (Lipinski definition) is 3. The summed E-state index contributed by atoms with van der Waals surface area (Å²) in [7, 11) is 1.92. The topological polar surface area (TPSA) is 61.9 Å². The molecule has 0 radical (unpaired) electrons. The minimum atomic E-state index is -0.0464. The van der Waals surface area contributed by atoms with Gasteiger partial charge in [-0.05, 0) is 28.8 Å². The van der Waals surface area contributed by atoms with Gasteiger partial charge in [0.1, 0.15) is 0 Å². The van der Waals surface area contributed by atoms with Gasteiger partial charge in [0.25, 0.3) is 5.91 Å². The molecule has 25 heavy (non-hydrogen) atoms. The average molecular weight is 328 g/mol. The van der Waals surface area contributed by atoms with E-state index >= 15 is 0 Å². The largest absolute Gasteiger partial charge is 0.329 e. The van der Waals surface area contributed by atoms with Crippen LogP contribution in [0.1, 0.15) is 15.9 Å². The van der Waals surface area contributed by atoms with E-state index in [1.165, 1.54) is 0 Å². The van der Waals surface area contributed by atoms with Crippen molar-refractivity contribution in [2.24, 2.45) is 7.05 Å². The smallest absolute Gasteiger partial charge is 0.254 e. The van der Waals surface area contributed by atoms with Crippen LogP contribution in [0, 0.1) is 11.3 Å². The van der Waals surface area contributed by atoms with E-state index in [2.05, 4.69) is 23.8 Å². The van der Waals surface area contributed by atoms with Gasteiger partial charge in [-0.1, -0.05) is 30.8 Å². The van der Waals surface area contributed by atoms with Crippen LogP contribution in [-0.2, 0) is 13.6 Å². The molecule has 0 N–H and O–H groups in total. The molecule has 0 unspecified atom stereocenters. The summed E-state index contributed by atoms with van der Waals surface area (Å²) < 4.78 is 1.84. The monoisotopic (exact) mass is 328 g/mol. The lowest BCUT2D eigenvalue weighted by Crippen LogP contribution is -2.25. The van der Waals surface area contributed by atoms with Gasteiger partial charge in [0.05, 0.1) is 24.3 Å². The number of aryl methyl sites for hydroxylation is 1. The van der Waals surface area contributed by atoms with Crippen LogP contribution in [0.25, 0.3) is 22.0 Å². The van der Waals surface area contributed by atoms with Crippen LogP contribution >= 0.6 is 0 Å². The van der Waals surface area contributed by atoms with Crippen molar-refractivity contribution in [3.8, 4) is 17.2 Å². The molecule has 3 aromatic rings. The van der Waals surface area contributed by atoms with E-state index in [1.54, 1.807) is 4.90 Å². The Hall–Kier alpha value is -3.39. The summed E-state index contributed by atoms with van der Waals surface area (Å²) in [5, 5.41) is 14.3. The van der Waals surface area contributed by atoms with Gasteiger partial charge in [-0.3, -0.25) is 9.48 Å². The van der Waals surface area contributed by atoms with Gasteiger partial charge in [-0.15, -0.1) is 0 Å². The molecule has 0 spiro atoms. The first kappa shape index (κ1) is 15.2. The second-order valence-electron chi connectivity index (χ2n) is 6.25. The van der Waals surface area contributed by atoms with Crippen molar-refractivity contribution >= 4 is 16.8 Å². The molecule has 2 heterocycles. The van der Waals surface area contributed by atoms with Crippen LogP contribution in [-0.4, -0.2) is 27.1 Å². The molecule has 0 saturated carbocycles. The van der Waals surface area contributed by atoms with Crippen LogP contribution in [0.3, 0.4) is 0 Å². The molecular formula is C20H16N4O. The quantitative estimate of drug-likeness (QED) is 0.693. The summed E-state index contributed by atoms with van der Waals surface area (Å²) in [5.41, 5.74) is 5.24. The highest BCUT2D eigenvalue weighted by molar-refractivity contribution is 6.01. The zero-order valence-corrected chi connectivity index (χ0v) is 13.9. The SMILES string of the molecule is C=C(C#N)CN1Cc2c(cccc2-c2ccc3cnn(C)c3c2)C1=O. The summed E-state index contributed by atoms with van der Waals surface area (Å²) in [6, 6.07) is 14.0. The standard InChI is InChI=1S/C20H16N4O/c1-13(9-21)11-24-12-18-16(4-3-5-17(18)20(24)25)14-6-7-15-10-22-23(2)19(15)8-14/h3-8,10H,1,11-12H2,2H3. The van der Waals surface area contributed by atoms with Gasteiger partial charge in [0.15, 0.2) is 0 Å². The highest BCUT2D eigenvalue weighted by Crippen LogP contribution is 2.34. The average Bonchev–Trinajstić information content (AvgIpc) is 3.15. The molecule has 0 atom stereocenters. The van der Waals surface area contributed by atoms with Gasteiger partial charge in [0, 0.05) is 30.1 Å². The Balaban J connectivity index is 1.79. The number of fused-ring (bicyclic) bond motifs is 2. The first-order chi connectivity index (χ1) is 12.1. The molecule has 0 fully saturated rings. The summed E-state index contributed by atoms with van der Waals surface area (Å²) in [6.07, 6.45) is 1.84. The lowest BCUT2D eigenvalue weighted by molar-refractivity contribution is 0.0794. The van der Waals surface area contributed by atoms with Crippen LogP contribution in [0.2, 0.25) is 0 Å². The molecule has 5 heteroatoms. The molecule has 1 amide bonds. The van der Waals surface area contributed by atoms with E-state index in [1.807, 2.05) is 48.3 Å². The molecule has 1 aliphatic heterocycles. The maximum absolute atomic E-state index is 12.6. The normalized spacial score (nSPS) is 13.1. The molecule has 122 valence electrons. The Labute approximate surface area is 145 Å². The highest BCUT2D eigenvalue weighted by atomic mass is 16.2. The van der Waals surface area contributed by atoms with E-state index in [0.29, 0.717) is 17.7 Å². The third kappa shape index (κ3) is 2.39. The first-order valence-corrected chi connectivity index (χ1v) is 7.99. The Morgan fingerprint density at radius 3 is 2.92 bits per heavy atom. The Morgan fingerprint density at radius 1 is 1.32 bits per heavy atom. The van der Waals surface area contributed by atoms with Crippen molar-refractivity contribution in [1.82, 2.24) is 14.7 Å². The van der Waals surface area contributed by atoms with E-state index in [0.717, 1.165) is 27.6 Å². The van der Waals surface area contributed by atoms with Crippen LogP contribution in [0.15, 0.2) is 54.7 Å². The molecule has 0 bridgehead atoms. The van der Waals surface area contributed by atoms with E-state index < -0.39 is 0 Å². The lowest BCUT2D eigenvalue weighted by atomic mass is 9.96. The number of carbonyl (C=O) groups is 1. The summed E-state index contributed by atoms with van der Waals surface area (Å²) in [5.74, 6) is -0.0464. The van der Waals surface area contributed by atoms with Crippen molar-refractivity contribution in [3.05, 3.63) is 65.9 Å². The fourth-order valence-electron chi connectivity index (χ4n) is 3.37. The molecule has 0 aliphatic carbocycles. The molecule has 1 aliphatic rings. The minimum absolute atomic E-state index is 0.0464. The predicted molar refractivity (Wildman–Crippen MR) is 95.6 cm³/mol. The lowest BCUT2D eigenvalue weighted by Gasteiger charge is -2.14. The van der Waals surface area contributed by atoms with E-state index in [4.69, 9.17) is 5.26 Å². The van der Waals surface area contributed by atoms with Crippen LogP contribution in [0.5, 0.6) is 0 Å². The Kier molecular flexibility index (Phi) is 3.40. The fourth-order valence-corrected chi connectivity index (χ4v) is 3.37. The predicted octanol–water partition coefficient (Wildman–Crippen LogP) is 3.28. The number of benzene rings is 2. The van der Waals surface area contributed by atoms with Crippen molar-refractivity contribution in [2.75, 3.05) is 6.54 Å². The van der Waals surface area contributed by atoms with Crippen LogP contribution < -0.4 is 0 Å². The Bertz CT molecular complexity index is 1070. The summed E-state index contributed by atoms with van der Waals surface area (Å²) >= 11 is 0. The minimum Gasteiger partial charge on any atom is -0.329 e. The molecule has 0 saturated heterocycles. The highest BCUT2D eigenvalue weighted by Gasteiger charge is 2.29. The molecule has 2 aromatic carbocycles. The van der Waals surface area contributed by atoms with Gasteiger partial charge >= 0.3 is 0 Å². The summed E-state index contributed by atoms with van der Waals surface area (Å²) in [6.45, 7) is 4.45. The third-order valence-electron chi connectivity index (χ3n) is 4.64. The van der Waals surface area contributed by atoms with Gasteiger partial charge < -0.3 is 4.90 Å². The number of aromatic nitrogens is 2. The van der Waals surface area contributed by atoms with Gasteiger partial charge in [-0.2, -0.15) is 10.4 Å². The number of nitrogens with zero attached hydrogens (tertiary/aromatic N) is 4. The fraction of sp³-hybridized carbons (Fsp3) is 0.150. The van der Waals surface area contributed by atoms with Crippen molar-refractivity contribution in [3.63, 3.8) is 0 Å². The second-order valence-corrected chi connectivity index (χ2v) is 6.25. The second kappa shape index (κ2) is 5.60. The number of hydrogen-bond donors (Lipinski definition) is 0. The number of nitriles is 1. The maximum atomic E-state index is 12.6. The molecule has 4 rings (SSSR count). The molecule has 5 nitrogen and oxygen atoms in total. The summed E-state index contributed by atoms with van der Waals surface area (Å²) in [4.78, 5) is 14.3. The first-order valence-electron chi connectivity index (χ1n) is 7.99. The zero-order valence-electron chi connectivity index (χ0n) is 13.9. The molecule has 1 aromatic heterocycles. The van der Waals surface area contributed by atoms with Gasteiger partial charge in [0.2, 0.25) is 0 Å².